The molecule has 0 saturated carbocycles. The van der Waals surface area contributed by atoms with Crippen LogP contribution in [-0.4, -0.2) is 15.2 Å². The summed E-state index contributed by atoms with van der Waals surface area (Å²) in [4.78, 5) is 4.38. The first-order valence-electron chi connectivity index (χ1n) is 7.77. The molecule has 2 N–H and O–H groups in total. The second-order valence-corrected chi connectivity index (χ2v) is 6.15. The van der Waals surface area contributed by atoms with Gasteiger partial charge in [-0.05, 0) is 23.8 Å². The van der Waals surface area contributed by atoms with Crippen molar-refractivity contribution in [1.82, 2.24) is 15.2 Å². The summed E-state index contributed by atoms with van der Waals surface area (Å²) in [6, 6.07) is 15.5. The van der Waals surface area contributed by atoms with Crippen LogP contribution in [0.4, 0.5) is 11.6 Å². The van der Waals surface area contributed by atoms with Crippen LogP contribution in [0.15, 0.2) is 48.5 Å². The van der Waals surface area contributed by atoms with Crippen molar-refractivity contribution >= 4 is 23.2 Å². The van der Waals surface area contributed by atoms with Gasteiger partial charge in [-0.25, -0.2) is 0 Å². The number of aromatic nitrogens is 3. The van der Waals surface area contributed by atoms with Crippen LogP contribution in [0.5, 0.6) is 5.75 Å². The molecular formula is C18H19ClN4O. The zero-order chi connectivity index (χ0) is 16.9. The molecule has 0 spiro atoms. The summed E-state index contributed by atoms with van der Waals surface area (Å²) in [5, 5.41) is 10.7. The van der Waals surface area contributed by atoms with E-state index >= 15 is 0 Å². The average Bonchev–Trinajstić information content (AvgIpc) is 3.04. The van der Waals surface area contributed by atoms with E-state index in [4.69, 9.17) is 16.3 Å². The summed E-state index contributed by atoms with van der Waals surface area (Å²) >= 11 is 6.30. The molecule has 0 aliphatic heterocycles. The highest BCUT2D eigenvalue weighted by Gasteiger charge is 2.08. The maximum Gasteiger partial charge on any atom is 0.246 e. The Labute approximate surface area is 146 Å². The number of rotatable bonds is 6. The normalized spacial score (nSPS) is 10.8. The molecule has 24 heavy (non-hydrogen) atoms. The Bertz CT molecular complexity index is 802. The van der Waals surface area contributed by atoms with E-state index in [1.165, 1.54) is 0 Å². The fourth-order valence-corrected chi connectivity index (χ4v) is 2.38. The molecular weight excluding hydrogens is 324 g/mol. The number of H-pyrrole nitrogens is 1. The molecule has 5 nitrogen and oxygen atoms in total. The van der Waals surface area contributed by atoms with Gasteiger partial charge in [0.15, 0.2) is 0 Å². The molecule has 0 radical (unpaired) electrons. The van der Waals surface area contributed by atoms with E-state index in [1.54, 1.807) is 6.07 Å². The lowest BCUT2D eigenvalue weighted by Gasteiger charge is -2.10. The van der Waals surface area contributed by atoms with Gasteiger partial charge in [0, 0.05) is 11.6 Å². The number of nitrogens with one attached hydrogen (secondary N) is 2. The quantitative estimate of drug-likeness (QED) is 0.668. The van der Waals surface area contributed by atoms with Crippen molar-refractivity contribution < 1.29 is 4.74 Å². The number of hydrogen-bond donors (Lipinski definition) is 2. The summed E-state index contributed by atoms with van der Waals surface area (Å²) in [7, 11) is 0. The smallest absolute Gasteiger partial charge is 0.246 e. The molecule has 0 fully saturated rings. The standard InChI is InChI=1S/C18H19ClN4O/c1-12(2)17-21-18(23-22-17)20-14-8-9-16(15(19)10-14)24-11-13-6-4-3-5-7-13/h3-10,12H,11H2,1-2H3,(H2,20,21,22,23). The highest BCUT2D eigenvalue weighted by molar-refractivity contribution is 6.32. The van der Waals surface area contributed by atoms with Crippen LogP contribution in [0.3, 0.4) is 0 Å². The highest BCUT2D eigenvalue weighted by Crippen LogP contribution is 2.29. The maximum atomic E-state index is 6.30. The fraction of sp³-hybridized carbons (Fsp3) is 0.222. The second-order valence-electron chi connectivity index (χ2n) is 5.74. The molecule has 3 rings (SSSR count). The van der Waals surface area contributed by atoms with Crippen LogP contribution in [0.2, 0.25) is 5.02 Å². The summed E-state index contributed by atoms with van der Waals surface area (Å²) in [6.07, 6.45) is 0. The average molecular weight is 343 g/mol. The number of nitrogens with zero attached hydrogens (tertiary/aromatic N) is 2. The van der Waals surface area contributed by atoms with Crippen LogP contribution < -0.4 is 10.1 Å². The third-order valence-electron chi connectivity index (χ3n) is 3.47. The molecule has 2 aromatic carbocycles. The van der Waals surface area contributed by atoms with Crippen molar-refractivity contribution in [3.05, 3.63) is 64.9 Å². The predicted octanol–water partition coefficient (Wildman–Crippen LogP) is 4.90. The summed E-state index contributed by atoms with van der Waals surface area (Å²) in [6.45, 7) is 4.59. The number of hydrogen-bond acceptors (Lipinski definition) is 4. The van der Waals surface area contributed by atoms with Gasteiger partial charge >= 0.3 is 0 Å². The van der Waals surface area contributed by atoms with Gasteiger partial charge in [-0.3, -0.25) is 5.10 Å². The minimum absolute atomic E-state index is 0.297. The molecule has 0 saturated heterocycles. The summed E-state index contributed by atoms with van der Waals surface area (Å²) < 4.78 is 5.77. The fourth-order valence-electron chi connectivity index (χ4n) is 2.15. The monoisotopic (exact) mass is 342 g/mol. The molecule has 0 aliphatic rings. The minimum Gasteiger partial charge on any atom is -0.487 e. The number of ether oxygens (including phenoxy) is 1. The van der Waals surface area contributed by atoms with E-state index in [0.29, 0.717) is 29.2 Å². The van der Waals surface area contributed by atoms with Gasteiger partial charge in [0.1, 0.15) is 18.2 Å². The van der Waals surface area contributed by atoms with Crippen molar-refractivity contribution in [1.29, 1.82) is 0 Å². The van der Waals surface area contributed by atoms with E-state index in [1.807, 2.05) is 42.5 Å². The van der Waals surface area contributed by atoms with Gasteiger partial charge in [0.05, 0.1) is 5.02 Å². The SMILES string of the molecule is CC(C)c1nc(Nc2ccc(OCc3ccccc3)c(Cl)c2)n[nH]1. The molecule has 0 amide bonds. The second kappa shape index (κ2) is 7.36. The highest BCUT2D eigenvalue weighted by atomic mass is 35.5. The van der Waals surface area contributed by atoms with E-state index < -0.39 is 0 Å². The van der Waals surface area contributed by atoms with Gasteiger partial charge in [-0.2, -0.15) is 4.98 Å². The van der Waals surface area contributed by atoms with Crippen molar-refractivity contribution in [3.63, 3.8) is 0 Å². The first kappa shape index (κ1) is 16.3. The van der Waals surface area contributed by atoms with Gasteiger partial charge in [-0.1, -0.05) is 55.8 Å². The largest absolute Gasteiger partial charge is 0.487 e. The van der Waals surface area contributed by atoms with E-state index in [2.05, 4.69) is 34.3 Å². The van der Waals surface area contributed by atoms with Gasteiger partial charge in [0.2, 0.25) is 5.95 Å². The topological polar surface area (TPSA) is 62.8 Å². The Morgan fingerprint density at radius 1 is 1.17 bits per heavy atom. The molecule has 6 heteroatoms. The van der Waals surface area contributed by atoms with E-state index in [0.717, 1.165) is 17.1 Å². The lowest BCUT2D eigenvalue weighted by Crippen LogP contribution is -1.97. The Hall–Kier alpha value is -2.53. The summed E-state index contributed by atoms with van der Waals surface area (Å²) in [5.41, 5.74) is 1.90. The molecule has 0 bridgehead atoms. The van der Waals surface area contributed by atoms with Crippen LogP contribution in [0.25, 0.3) is 0 Å². The predicted molar refractivity (Wildman–Crippen MR) is 96.0 cm³/mol. The zero-order valence-electron chi connectivity index (χ0n) is 13.6. The van der Waals surface area contributed by atoms with E-state index in [9.17, 15) is 0 Å². The molecule has 0 atom stereocenters. The Balaban J connectivity index is 1.65. The molecule has 124 valence electrons. The molecule has 1 aromatic heterocycles. The van der Waals surface area contributed by atoms with Crippen LogP contribution in [0, 0.1) is 0 Å². The lowest BCUT2D eigenvalue weighted by molar-refractivity contribution is 0.306. The number of aromatic amines is 1. The molecule has 3 aromatic rings. The van der Waals surface area contributed by atoms with Crippen molar-refractivity contribution in [2.75, 3.05) is 5.32 Å². The Morgan fingerprint density at radius 3 is 2.62 bits per heavy atom. The molecule has 1 heterocycles. The molecule has 0 unspecified atom stereocenters. The van der Waals surface area contributed by atoms with Crippen molar-refractivity contribution in [2.45, 2.75) is 26.4 Å². The van der Waals surface area contributed by atoms with Crippen LogP contribution >= 0.6 is 11.6 Å². The first-order valence-corrected chi connectivity index (χ1v) is 8.15. The number of halogens is 1. The number of benzene rings is 2. The third-order valence-corrected chi connectivity index (χ3v) is 3.77. The van der Waals surface area contributed by atoms with Gasteiger partial charge in [0.25, 0.3) is 0 Å². The zero-order valence-corrected chi connectivity index (χ0v) is 14.3. The number of anilines is 2. The first-order chi connectivity index (χ1) is 11.6. The lowest BCUT2D eigenvalue weighted by atomic mass is 10.2. The van der Waals surface area contributed by atoms with Crippen LogP contribution in [0.1, 0.15) is 31.2 Å². The van der Waals surface area contributed by atoms with Gasteiger partial charge in [-0.15, -0.1) is 5.10 Å². The summed E-state index contributed by atoms with van der Waals surface area (Å²) in [5.74, 6) is 2.30. The Kier molecular flexibility index (Phi) is 5.01. The van der Waals surface area contributed by atoms with E-state index in [-0.39, 0.29) is 0 Å². The van der Waals surface area contributed by atoms with Gasteiger partial charge < -0.3 is 10.1 Å². The Morgan fingerprint density at radius 2 is 1.96 bits per heavy atom. The van der Waals surface area contributed by atoms with Crippen molar-refractivity contribution in [3.8, 4) is 5.75 Å². The third kappa shape index (κ3) is 4.06. The van der Waals surface area contributed by atoms with Crippen LogP contribution in [-0.2, 0) is 6.61 Å². The minimum atomic E-state index is 0.297. The molecule has 0 aliphatic carbocycles. The maximum absolute atomic E-state index is 6.30. The van der Waals surface area contributed by atoms with Crippen molar-refractivity contribution in [2.24, 2.45) is 0 Å².